The van der Waals surface area contributed by atoms with Gasteiger partial charge < -0.3 is 5.11 Å². The summed E-state index contributed by atoms with van der Waals surface area (Å²) in [5.74, 6) is -1.17. The number of hydrogen-bond acceptors (Lipinski definition) is 4. The van der Waals surface area contributed by atoms with Crippen LogP contribution in [0.1, 0.15) is 15.9 Å². The Morgan fingerprint density at radius 2 is 2.17 bits per heavy atom. The molecular formula is C8H8O4. The van der Waals surface area contributed by atoms with Crippen molar-refractivity contribution in [1.82, 2.24) is 0 Å². The van der Waals surface area contributed by atoms with Crippen molar-refractivity contribution < 1.29 is 20.0 Å². The van der Waals surface area contributed by atoms with Crippen molar-refractivity contribution in [2.24, 2.45) is 0 Å². The van der Waals surface area contributed by atoms with Gasteiger partial charge in [0.05, 0.1) is 0 Å². The summed E-state index contributed by atoms with van der Waals surface area (Å²) in [6, 6.07) is 4.43. The topological polar surface area (TPSA) is 66.8 Å². The zero-order valence-corrected chi connectivity index (χ0v) is 6.44. The maximum Gasteiger partial charge on any atom is 0.376 e. The van der Waals surface area contributed by atoms with E-state index >= 15 is 0 Å². The van der Waals surface area contributed by atoms with Gasteiger partial charge in [-0.25, -0.2) is 4.79 Å². The van der Waals surface area contributed by atoms with E-state index in [4.69, 9.17) is 10.4 Å². The predicted octanol–water partition coefficient (Wildman–Crippen LogP) is 1.33. The van der Waals surface area contributed by atoms with Crippen LogP contribution in [0.5, 0.6) is 5.75 Å². The van der Waals surface area contributed by atoms with Crippen LogP contribution < -0.4 is 0 Å². The van der Waals surface area contributed by atoms with Gasteiger partial charge in [-0.2, -0.15) is 5.26 Å². The minimum absolute atomic E-state index is 0.0440. The molecule has 2 N–H and O–H groups in total. The van der Waals surface area contributed by atoms with Crippen LogP contribution in [0.3, 0.4) is 0 Å². The number of carbonyl (C=O) groups is 1. The van der Waals surface area contributed by atoms with Crippen molar-refractivity contribution in [2.75, 3.05) is 0 Å². The minimum Gasteiger partial charge on any atom is -0.507 e. The van der Waals surface area contributed by atoms with Gasteiger partial charge in [0.1, 0.15) is 11.3 Å². The van der Waals surface area contributed by atoms with Gasteiger partial charge in [0, 0.05) is 0 Å². The highest BCUT2D eigenvalue weighted by molar-refractivity contribution is 5.92. The van der Waals surface area contributed by atoms with E-state index < -0.39 is 5.97 Å². The molecule has 0 aliphatic heterocycles. The molecule has 0 saturated carbocycles. The number of phenolic OH excluding ortho intramolecular Hbond substituents is 1. The molecule has 0 aromatic heterocycles. The Morgan fingerprint density at radius 1 is 1.50 bits per heavy atom. The summed E-state index contributed by atoms with van der Waals surface area (Å²) in [5.41, 5.74) is 0.755. The minimum atomic E-state index is -0.962. The Kier molecular flexibility index (Phi) is 2.30. The standard InChI is InChI=1S/C8H8O4/c1-5-2-3-7(9)6(4-5)8(10)12-11/h2-4,9,11H,1H3. The lowest BCUT2D eigenvalue weighted by molar-refractivity contribution is -0.182. The summed E-state index contributed by atoms with van der Waals surface area (Å²) in [5, 5.41) is 17.2. The largest absolute Gasteiger partial charge is 0.507 e. The highest BCUT2D eigenvalue weighted by Gasteiger charge is 2.11. The van der Waals surface area contributed by atoms with E-state index in [-0.39, 0.29) is 11.3 Å². The van der Waals surface area contributed by atoms with Gasteiger partial charge in [-0.05, 0) is 24.6 Å². The molecule has 0 unspecified atom stereocenters. The number of hydrogen-bond donors (Lipinski definition) is 2. The predicted molar refractivity (Wildman–Crippen MR) is 40.9 cm³/mol. The molecule has 1 aromatic carbocycles. The molecule has 0 atom stereocenters. The SMILES string of the molecule is Cc1ccc(O)c(C(=O)OO)c1. The normalized spacial score (nSPS) is 9.50. The maximum atomic E-state index is 10.8. The molecule has 1 rings (SSSR count). The van der Waals surface area contributed by atoms with Crippen LogP contribution in [0.15, 0.2) is 18.2 Å². The average Bonchev–Trinajstić information content (AvgIpc) is 2.08. The fourth-order valence-electron chi connectivity index (χ4n) is 0.863. The molecule has 0 fully saturated rings. The molecule has 0 saturated heterocycles. The second kappa shape index (κ2) is 3.23. The molecule has 12 heavy (non-hydrogen) atoms. The van der Waals surface area contributed by atoms with Crippen LogP contribution >= 0.6 is 0 Å². The molecule has 64 valence electrons. The van der Waals surface area contributed by atoms with Crippen molar-refractivity contribution in [3.63, 3.8) is 0 Å². The lowest BCUT2D eigenvalue weighted by atomic mass is 10.1. The summed E-state index contributed by atoms with van der Waals surface area (Å²) >= 11 is 0. The Bertz CT molecular complexity index is 306. The first-order valence-electron chi connectivity index (χ1n) is 3.30. The fraction of sp³-hybridized carbons (Fsp3) is 0.125. The molecular weight excluding hydrogens is 160 g/mol. The molecule has 0 aliphatic rings. The highest BCUT2D eigenvalue weighted by atomic mass is 17.1. The number of aryl methyl sites for hydroxylation is 1. The first-order valence-corrected chi connectivity index (χ1v) is 3.30. The zero-order valence-electron chi connectivity index (χ0n) is 6.44. The molecule has 0 heterocycles. The van der Waals surface area contributed by atoms with Gasteiger partial charge in [-0.15, -0.1) is 0 Å². The van der Waals surface area contributed by atoms with Crippen molar-refractivity contribution in [3.05, 3.63) is 29.3 Å². The summed E-state index contributed by atoms with van der Waals surface area (Å²) < 4.78 is 0. The fourth-order valence-corrected chi connectivity index (χ4v) is 0.863. The van der Waals surface area contributed by atoms with Crippen LogP contribution in [-0.4, -0.2) is 16.3 Å². The van der Waals surface area contributed by atoms with Gasteiger partial charge in [0.15, 0.2) is 0 Å². The van der Waals surface area contributed by atoms with Crippen molar-refractivity contribution in [3.8, 4) is 5.75 Å². The van der Waals surface area contributed by atoms with Crippen LogP contribution in [-0.2, 0) is 4.89 Å². The van der Waals surface area contributed by atoms with Crippen molar-refractivity contribution in [2.45, 2.75) is 6.92 Å². The van der Waals surface area contributed by atoms with Gasteiger partial charge in [-0.3, -0.25) is 4.89 Å². The van der Waals surface area contributed by atoms with Crippen molar-refractivity contribution in [1.29, 1.82) is 0 Å². The molecule has 0 aliphatic carbocycles. The lowest BCUT2D eigenvalue weighted by Crippen LogP contribution is -2.01. The number of aromatic hydroxyl groups is 1. The van der Waals surface area contributed by atoms with E-state index in [9.17, 15) is 4.79 Å². The molecule has 0 radical (unpaired) electrons. The second-order valence-electron chi connectivity index (χ2n) is 2.40. The van der Waals surface area contributed by atoms with Gasteiger partial charge in [-0.1, -0.05) is 6.07 Å². The average molecular weight is 168 g/mol. The first-order chi connectivity index (χ1) is 5.65. The number of rotatable bonds is 1. The van der Waals surface area contributed by atoms with Gasteiger partial charge in [0.25, 0.3) is 0 Å². The van der Waals surface area contributed by atoms with Crippen molar-refractivity contribution >= 4 is 5.97 Å². The zero-order chi connectivity index (χ0) is 9.14. The third-order valence-electron chi connectivity index (χ3n) is 1.45. The Morgan fingerprint density at radius 3 is 2.75 bits per heavy atom. The first kappa shape index (κ1) is 8.55. The molecule has 1 aromatic rings. The quantitative estimate of drug-likeness (QED) is 0.490. The summed E-state index contributed by atoms with van der Waals surface area (Å²) in [4.78, 5) is 14.2. The Balaban J connectivity index is 3.13. The van der Waals surface area contributed by atoms with Gasteiger partial charge in [0.2, 0.25) is 0 Å². The molecule has 0 bridgehead atoms. The molecule has 0 spiro atoms. The van der Waals surface area contributed by atoms with E-state index in [1.807, 2.05) is 0 Å². The third kappa shape index (κ3) is 1.54. The summed E-state index contributed by atoms with van der Waals surface area (Å²) in [7, 11) is 0. The molecule has 4 nitrogen and oxygen atoms in total. The molecule has 0 amide bonds. The monoisotopic (exact) mass is 168 g/mol. The van der Waals surface area contributed by atoms with E-state index in [1.54, 1.807) is 13.0 Å². The maximum absolute atomic E-state index is 10.8. The van der Waals surface area contributed by atoms with Gasteiger partial charge >= 0.3 is 5.97 Å². The van der Waals surface area contributed by atoms with E-state index in [2.05, 4.69) is 4.89 Å². The number of phenols is 1. The Hall–Kier alpha value is -1.55. The summed E-state index contributed by atoms with van der Waals surface area (Å²) in [6.07, 6.45) is 0. The van der Waals surface area contributed by atoms with E-state index in [0.29, 0.717) is 0 Å². The highest BCUT2D eigenvalue weighted by Crippen LogP contribution is 2.18. The van der Waals surface area contributed by atoms with Crippen LogP contribution in [0.4, 0.5) is 0 Å². The third-order valence-corrected chi connectivity index (χ3v) is 1.45. The number of carbonyl (C=O) groups excluding carboxylic acids is 1. The van der Waals surface area contributed by atoms with E-state index in [0.717, 1.165) is 5.56 Å². The van der Waals surface area contributed by atoms with E-state index in [1.165, 1.54) is 12.1 Å². The second-order valence-corrected chi connectivity index (χ2v) is 2.40. The molecule has 4 heteroatoms. The summed E-state index contributed by atoms with van der Waals surface area (Å²) in [6.45, 7) is 1.76. The van der Waals surface area contributed by atoms with Crippen LogP contribution in [0.25, 0.3) is 0 Å². The van der Waals surface area contributed by atoms with Crippen LogP contribution in [0.2, 0.25) is 0 Å². The smallest absolute Gasteiger partial charge is 0.376 e. The lowest BCUT2D eigenvalue weighted by Gasteiger charge is -2.00. The Labute approximate surface area is 69.0 Å². The number of benzene rings is 1. The van der Waals surface area contributed by atoms with Crippen LogP contribution in [0, 0.1) is 6.92 Å².